The van der Waals surface area contributed by atoms with Crippen molar-refractivity contribution in [2.75, 3.05) is 34.8 Å². The number of nitrogens with zero attached hydrogens (tertiary/aromatic N) is 4. The van der Waals surface area contributed by atoms with Crippen LogP contribution in [0.25, 0.3) is 0 Å². The van der Waals surface area contributed by atoms with Crippen molar-refractivity contribution in [3.05, 3.63) is 35.9 Å². The second kappa shape index (κ2) is 11.5. The molecule has 0 saturated carbocycles. The molecule has 2 aromatic heterocycles. The zero-order chi connectivity index (χ0) is 30.3. The van der Waals surface area contributed by atoms with Crippen LogP contribution in [0.1, 0.15) is 89.9 Å². The molecule has 3 aliphatic rings. The van der Waals surface area contributed by atoms with Crippen molar-refractivity contribution in [1.82, 2.24) is 14.7 Å². The minimum Gasteiger partial charge on any atom is -0.370 e. The van der Waals surface area contributed by atoms with Gasteiger partial charge < -0.3 is 10.2 Å². The highest BCUT2D eigenvalue weighted by molar-refractivity contribution is 7.90. The molecular weight excluding hydrogens is 552 g/mol. The topological polar surface area (TPSA) is 125 Å². The zero-order valence-corrected chi connectivity index (χ0v) is 26.3. The summed E-state index contributed by atoms with van der Waals surface area (Å²) in [5.41, 5.74) is 0.0776. The molecule has 2 saturated heterocycles. The number of hydrogen-bond donors (Lipinski definition) is 2. The number of carbonyl (C=O) groups excluding carboxylic acids is 2. The second-order valence-electron chi connectivity index (χ2n) is 13.8. The molecule has 10 nitrogen and oxygen atoms in total. The number of aromatic nitrogens is 2. The Morgan fingerprint density at radius 3 is 2.62 bits per heavy atom. The number of nitrogens with one attached hydrogen (secondary N) is 2. The molecule has 3 aliphatic heterocycles. The molecule has 11 heteroatoms. The van der Waals surface area contributed by atoms with Crippen LogP contribution in [0.3, 0.4) is 0 Å². The first-order valence-corrected chi connectivity index (χ1v) is 16.6. The summed E-state index contributed by atoms with van der Waals surface area (Å²) >= 11 is 0. The van der Waals surface area contributed by atoms with Gasteiger partial charge in [-0.2, -0.15) is 8.42 Å². The van der Waals surface area contributed by atoms with Crippen LogP contribution in [0.5, 0.6) is 0 Å². The van der Waals surface area contributed by atoms with Crippen LogP contribution in [0.2, 0.25) is 0 Å². The van der Waals surface area contributed by atoms with E-state index in [1.807, 2.05) is 0 Å². The van der Waals surface area contributed by atoms with Gasteiger partial charge in [-0.05, 0) is 88.0 Å². The molecule has 2 aromatic rings. The van der Waals surface area contributed by atoms with E-state index in [9.17, 15) is 18.0 Å². The number of carbonyl (C=O) groups is 2. The summed E-state index contributed by atoms with van der Waals surface area (Å²) in [6.45, 7) is 12.8. The Balaban J connectivity index is 1.48. The molecule has 0 aromatic carbocycles. The van der Waals surface area contributed by atoms with E-state index in [0.29, 0.717) is 43.0 Å². The summed E-state index contributed by atoms with van der Waals surface area (Å²) in [6, 6.07) is 7.96. The fourth-order valence-corrected chi connectivity index (χ4v) is 7.47. The van der Waals surface area contributed by atoms with Crippen molar-refractivity contribution >= 4 is 39.3 Å². The third-order valence-electron chi connectivity index (χ3n) is 8.71. The molecule has 2 atom stereocenters. The lowest BCUT2D eigenvalue weighted by atomic mass is 9.87. The number of anilines is 3. The van der Waals surface area contributed by atoms with Crippen LogP contribution in [-0.4, -0.2) is 55.4 Å². The molecule has 228 valence electrons. The maximum Gasteiger partial charge on any atom is 0.281 e. The largest absolute Gasteiger partial charge is 0.370 e. The molecule has 5 heterocycles. The zero-order valence-electron chi connectivity index (χ0n) is 25.4. The summed E-state index contributed by atoms with van der Waals surface area (Å²) in [7, 11) is -4.24. The molecular formula is C31H44N6O4S. The summed E-state index contributed by atoms with van der Waals surface area (Å²) in [6.07, 6.45) is 6.45. The number of fused-ring (bicyclic) bond motifs is 6. The molecule has 0 spiro atoms. The number of amides is 2. The Morgan fingerprint density at radius 2 is 1.86 bits per heavy atom. The molecule has 2 amide bonds. The first kappa shape index (κ1) is 30.3. The maximum atomic E-state index is 13.6. The Labute approximate surface area is 249 Å². The Hall–Kier alpha value is -3.21. The summed E-state index contributed by atoms with van der Waals surface area (Å²) < 4.78 is 28.6. The van der Waals surface area contributed by atoms with E-state index in [1.54, 1.807) is 29.2 Å². The van der Waals surface area contributed by atoms with Crippen molar-refractivity contribution in [2.45, 2.75) is 90.1 Å². The predicted molar refractivity (Wildman–Crippen MR) is 164 cm³/mol. The standard InChI is InChI=1S/C31H44N6O4S/c1-30(2,3)16-7-10-22-15-18-36(29(22)39)25-14-13-23-27(34-25)37-20-21(19-31(37,4)5)9-8-17-32-24-11-6-12-26(33-24)42(40,41)35-28(23)38/h6,11-14,21-22H,7-10,15-20H2,1-5H3,(H,32,33)(H,35,38). The number of rotatable bonds is 4. The minimum atomic E-state index is -4.24. The predicted octanol–water partition coefficient (Wildman–Crippen LogP) is 4.98. The van der Waals surface area contributed by atoms with Crippen LogP contribution in [0, 0.1) is 17.3 Å². The molecule has 4 bridgehead atoms. The molecule has 2 unspecified atom stereocenters. The van der Waals surface area contributed by atoms with Crippen LogP contribution in [-0.2, 0) is 14.8 Å². The van der Waals surface area contributed by atoms with Gasteiger partial charge in [-0.3, -0.25) is 14.5 Å². The highest BCUT2D eigenvalue weighted by Gasteiger charge is 2.41. The van der Waals surface area contributed by atoms with E-state index in [1.165, 1.54) is 6.07 Å². The van der Waals surface area contributed by atoms with E-state index >= 15 is 0 Å². The monoisotopic (exact) mass is 596 g/mol. The molecule has 5 rings (SSSR count). The quantitative estimate of drug-likeness (QED) is 0.507. The Kier molecular flexibility index (Phi) is 8.26. The van der Waals surface area contributed by atoms with Crippen molar-refractivity contribution < 1.29 is 18.0 Å². The van der Waals surface area contributed by atoms with Gasteiger partial charge in [0.1, 0.15) is 17.5 Å². The first-order chi connectivity index (χ1) is 19.7. The summed E-state index contributed by atoms with van der Waals surface area (Å²) in [4.78, 5) is 40.1. The number of pyridine rings is 2. The van der Waals surface area contributed by atoms with Gasteiger partial charge in [0.15, 0.2) is 5.03 Å². The van der Waals surface area contributed by atoms with Crippen LogP contribution < -0.4 is 19.8 Å². The molecule has 0 radical (unpaired) electrons. The van der Waals surface area contributed by atoms with E-state index in [4.69, 9.17) is 4.98 Å². The molecule has 0 aliphatic carbocycles. The van der Waals surface area contributed by atoms with Gasteiger partial charge in [-0.15, -0.1) is 0 Å². The smallest absolute Gasteiger partial charge is 0.281 e. The average Bonchev–Trinajstić information content (AvgIpc) is 3.42. The van der Waals surface area contributed by atoms with Crippen molar-refractivity contribution in [1.29, 1.82) is 0 Å². The fraction of sp³-hybridized carbons (Fsp3) is 0.613. The summed E-state index contributed by atoms with van der Waals surface area (Å²) in [5, 5.41) is 2.98. The SMILES string of the molecule is CC(C)(C)CCCC1CCN(c2ccc3c(n2)N2CC(CCCNc4cccc(n4)S(=O)(=O)NC3=O)CC2(C)C)C1=O. The highest BCUT2D eigenvalue weighted by atomic mass is 32.2. The third-order valence-corrected chi connectivity index (χ3v) is 9.95. The fourth-order valence-electron chi connectivity index (χ4n) is 6.54. The van der Waals surface area contributed by atoms with Crippen LogP contribution in [0.15, 0.2) is 35.4 Å². The lowest BCUT2D eigenvalue weighted by Gasteiger charge is -2.34. The van der Waals surface area contributed by atoms with Gasteiger partial charge in [-0.25, -0.2) is 14.7 Å². The van der Waals surface area contributed by atoms with E-state index < -0.39 is 15.9 Å². The lowest BCUT2D eigenvalue weighted by Crippen LogP contribution is -2.41. The van der Waals surface area contributed by atoms with Crippen molar-refractivity contribution in [3.63, 3.8) is 0 Å². The van der Waals surface area contributed by atoms with Gasteiger partial charge in [0.2, 0.25) is 5.91 Å². The van der Waals surface area contributed by atoms with Gasteiger partial charge in [0, 0.05) is 31.1 Å². The van der Waals surface area contributed by atoms with Crippen LogP contribution in [0.4, 0.5) is 17.5 Å². The normalized spacial score (nSPS) is 23.9. The van der Waals surface area contributed by atoms with Crippen molar-refractivity contribution in [3.8, 4) is 0 Å². The first-order valence-electron chi connectivity index (χ1n) is 15.1. The van der Waals surface area contributed by atoms with E-state index in [0.717, 1.165) is 44.9 Å². The Morgan fingerprint density at radius 1 is 1.07 bits per heavy atom. The van der Waals surface area contributed by atoms with Gasteiger partial charge >= 0.3 is 0 Å². The lowest BCUT2D eigenvalue weighted by molar-refractivity contribution is -0.120. The van der Waals surface area contributed by atoms with Gasteiger partial charge in [0.05, 0.1) is 5.56 Å². The number of hydrogen-bond acceptors (Lipinski definition) is 8. The van der Waals surface area contributed by atoms with Crippen LogP contribution >= 0.6 is 0 Å². The van der Waals surface area contributed by atoms with E-state index in [-0.39, 0.29) is 33.4 Å². The number of sulfonamides is 1. The van der Waals surface area contributed by atoms with E-state index in [2.05, 4.69) is 54.5 Å². The molecule has 2 N–H and O–H groups in total. The second-order valence-corrected chi connectivity index (χ2v) is 15.5. The minimum absolute atomic E-state index is 0.0373. The third kappa shape index (κ3) is 6.55. The average molecular weight is 597 g/mol. The summed E-state index contributed by atoms with van der Waals surface area (Å²) in [5.74, 6) is 0.993. The highest BCUT2D eigenvalue weighted by Crippen LogP contribution is 2.40. The van der Waals surface area contributed by atoms with Crippen molar-refractivity contribution in [2.24, 2.45) is 17.3 Å². The Bertz CT molecular complexity index is 1450. The van der Waals surface area contributed by atoms with Gasteiger partial charge in [-0.1, -0.05) is 33.3 Å². The van der Waals surface area contributed by atoms with Gasteiger partial charge in [0.25, 0.3) is 15.9 Å². The molecule has 42 heavy (non-hydrogen) atoms. The molecule has 2 fully saturated rings. The maximum absolute atomic E-state index is 13.6.